The van der Waals surface area contributed by atoms with Gasteiger partial charge in [-0.15, -0.1) is 0 Å². The zero-order valence-electron chi connectivity index (χ0n) is 6.67. The smallest absolute Gasteiger partial charge is 0.337 e. The van der Waals surface area contributed by atoms with Crippen LogP contribution in [-0.4, -0.2) is 11.1 Å². The maximum absolute atomic E-state index is 10.8. The molecule has 0 aliphatic carbocycles. The lowest BCUT2D eigenvalue weighted by Gasteiger charge is -2.04. The first-order valence-corrected chi connectivity index (χ1v) is 4.75. The molecule has 0 heterocycles. The van der Waals surface area contributed by atoms with Gasteiger partial charge in [0, 0.05) is 3.57 Å². The number of carbonyl (C=O) groups is 1. The Kier molecular flexibility index (Phi) is 3.08. The summed E-state index contributed by atoms with van der Waals surface area (Å²) >= 11 is 2.04. The van der Waals surface area contributed by atoms with Gasteiger partial charge in [0.2, 0.25) is 0 Å². The van der Waals surface area contributed by atoms with Crippen LogP contribution in [0, 0.1) is 3.57 Å². The molecule has 0 aliphatic rings. The third-order valence-corrected chi connectivity index (χ3v) is 2.59. The molecule has 2 nitrogen and oxygen atoms in total. The summed E-state index contributed by atoms with van der Waals surface area (Å²) in [6, 6.07) is 5.54. The van der Waals surface area contributed by atoms with E-state index in [1.165, 1.54) is 0 Å². The summed E-state index contributed by atoms with van der Waals surface area (Å²) in [7, 11) is 0. The highest BCUT2D eigenvalue weighted by Gasteiger charge is 2.11. The number of rotatable bonds is 2. The van der Waals surface area contributed by atoms with Crippen LogP contribution in [0.4, 0.5) is 0 Å². The zero-order chi connectivity index (χ0) is 9.14. The first-order chi connectivity index (χ1) is 5.66. The van der Waals surface area contributed by atoms with Crippen LogP contribution in [0.1, 0.15) is 22.8 Å². The third kappa shape index (κ3) is 1.77. The lowest BCUT2D eigenvalue weighted by Crippen LogP contribution is -2.04. The van der Waals surface area contributed by atoms with Crippen molar-refractivity contribution in [2.24, 2.45) is 0 Å². The predicted octanol–water partition coefficient (Wildman–Crippen LogP) is 2.55. The Morgan fingerprint density at radius 3 is 2.67 bits per heavy atom. The Bertz CT molecular complexity index is 307. The van der Waals surface area contributed by atoms with Gasteiger partial charge in [-0.05, 0) is 40.6 Å². The minimum Gasteiger partial charge on any atom is -0.478 e. The van der Waals surface area contributed by atoms with Crippen molar-refractivity contribution in [3.05, 3.63) is 32.9 Å². The Hall–Kier alpha value is -0.580. The fourth-order valence-corrected chi connectivity index (χ4v) is 1.89. The molecule has 64 valence electrons. The van der Waals surface area contributed by atoms with E-state index >= 15 is 0 Å². The largest absolute Gasteiger partial charge is 0.478 e. The van der Waals surface area contributed by atoms with Gasteiger partial charge in [-0.25, -0.2) is 4.79 Å². The Morgan fingerprint density at radius 1 is 1.58 bits per heavy atom. The molecule has 0 spiro atoms. The first kappa shape index (κ1) is 9.51. The maximum atomic E-state index is 10.8. The summed E-state index contributed by atoms with van der Waals surface area (Å²) in [6.45, 7) is 1.96. The van der Waals surface area contributed by atoms with Gasteiger partial charge in [0.1, 0.15) is 0 Å². The summed E-state index contributed by atoms with van der Waals surface area (Å²) in [5.74, 6) is -0.836. The molecule has 0 amide bonds. The number of hydrogen-bond donors (Lipinski definition) is 1. The van der Waals surface area contributed by atoms with E-state index in [-0.39, 0.29) is 0 Å². The SMILES string of the molecule is CCc1cccc(I)c1C(=O)O. The van der Waals surface area contributed by atoms with Gasteiger partial charge in [-0.1, -0.05) is 19.1 Å². The topological polar surface area (TPSA) is 37.3 Å². The molecule has 0 saturated heterocycles. The van der Waals surface area contributed by atoms with E-state index in [1.54, 1.807) is 0 Å². The molecule has 1 rings (SSSR count). The molecule has 3 heteroatoms. The highest BCUT2D eigenvalue weighted by atomic mass is 127. The third-order valence-electron chi connectivity index (χ3n) is 1.69. The number of benzene rings is 1. The van der Waals surface area contributed by atoms with Crippen molar-refractivity contribution in [1.82, 2.24) is 0 Å². The number of halogens is 1. The average Bonchev–Trinajstić information content (AvgIpc) is 2.03. The molecule has 0 atom stereocenters. The normalized spacial score (nSPS) is 9.83. The van der Waals surface area contributed by atoms with E-state index in [9.17, 15) is 4.79 Å². The van der Waals surface area contributed by atoms with Gasteiger partial charge in [0.25, 0.3) is 0 Å². The van der Waals surface area contributed by atoms with Crippen molar-refractivity contribution in [2.75, 3.05) is 0 Å². The lowest BCUT2D eigenvalue weighted by atomic mass is 10.1. The molecule has 0 radical (unpaired) electrons. The minimum absolute atomic E-state index is 0.445. The molecule has 1 aromatic rings. The monoisotopic (exact) mass is 276 g/mol. The van der Waals surface area contributed by atoms with Crippen LogP contribution >= 0.6 is 22.6 Å². The van der Waals surface area contributed by atoms with E-state index < -0.39 is 5.97 Å². The predicted molar refractivity (Wildman–Crippen MR) is 55.5 cm³/mol. The quantitative estimate of drug-likeness (QED) is 0.843. The van der Waals surface area contributed by atoms with Crippen molar-refractivity contribution in [3.63, 3.8) is 0 Å². The molecular formula is C9H9IO2. The van der Waals surface area contributed by atoms with Crippen molar-refractivity contribution in [1.29, 1.82) is 0 Å². The van der Waals surface area contributed by atoms with Crippen LogP contribution < -0.4 is 0 Å². The lowest BCUT2D eigenvalue weighted by molar-refractivity contribution is 0.0694. The van der Waals surface area contributed by atoms with Crippen LogP contribution in [0.15, 0.2) is 18.2 Å². The molecule has 0 unspecified atom stereocenters. The van der Waals surface area contributed by atoms with Gasteiger partial charge >= 0.3 is 5.97 Å². The highest BCUT2D eigenvalue weighted by molar-refractivity contribution is 14.1. The van der Waals surface area contributed by atoms with Gasteiger partial charge in [0.05, 0.1) is 5.56 Å². The summed E-state index contributed by atoms with van der Waals surface area (Å²) in [4.78, 5) is 10.8. The molecule has 0 bridgehead atoms. The average molecular weight is 276 g/mol. The van der Waals surface area contributed by atoms with Crippen LogP contribution in [0.3, 0.4) is 0 Å². The number of carboxylic acids is 1. The molecule has 1 N–H and O–H groups in total. The van der Waals surface area contributed by atoms with Gasteiger partial charge in [0.15, 0.2) is 0 Å². The van der Waals surface area contributed by atoms with Crippen molar-refractivity contribution in [3.8, 4) is 0 Å². The molecule has 12 heavy (non-hydrogen) atoms. The number of aryl methyl sites for hydroxylation is 1. The van der Waals surface area contributed by atoms with Crippen LogP contribution in [-0.2, 0) is 6.42 Å². The number of hydrogen-bond acceptors (Lipinski definition) is 1. The number of aromatic carboxylic acids is 1. The van der Waals surface area contributed by atoms with E-state index in [1.807, 2.05) is 47.7 Å². The van der Waals surface area contributed by atoms with Gasteiger partial charge in [-0.3, -0.25) is 0 Å². The van der Waals surface area contributed by atoms with Crippen molar-refractivity contribution >= 4 is 28.6 Å². The fraction of sp³-hybridized carbons (Fsp3) is 0.222. The second-order valence-corrected chi connectivity index (χ2v) is 3.59. The molecule has 0 aliphatic heterocycles. The van der Waals surface area contributed by atoms with Crippen LogP contribution in [0.2, 0.25) is 0 Å². The molecular weight excluding hydrogens is 267 g/mol. The van der Waals surface area contributed by atoms with Crippen molar-refractivity contribution < 1.29 is 9.90 Å². The second-order valence-electron chi connectivity index (χ2n) is 2.43. The minimum atomic E-state index is -0.836. The van der Waals surface area contributed by atoms with Crippen molar-refractivity contribution in [2.45, 2.75) is 13.3 Å². The van der Waals surface area contributed by atoms with Crippen LogP contribution in [0.25, 0.3) is 0 Å². The number of carboxylic acid groups (broad SMARTS) is 1. The van der Waals surface area contributed by atoms with Crippen LogP contribution in [0.5, 0.6) is 0 Å². The second kappa shape index (κ2) is 3.89. The summed E-state index contributed by atoms with van der Waals surface area (Å²) in [6.07, 6.45) is 0.762. The maximum Gasteiger partial charge on any atom is 0.337 e. The Morgan fingerprint density at radius 2 is 2.25 bits per heavy atom. The van der Waals surface area contributed by atoms with Gasteiger partial charge in [-0.2, -0.15) is 0 Å². The Labute approximate surface area is 84.7 Å². The summed E-state index contributed by atoms with van der Waals surface area (Å²) in [5, 5.41) is 8.87. The molecule has 0 saturated carbocycles. The van der Waals surface area contributed by atoms with E-state index in [2.05, 4.69) is 0 Å². The highest BCUT2D eigenvalue weighted by Crippen LogP contribution is 2.17. The van der Waals surface area contributed by atoms with E-state index in [0.717, 1.165) is 15.6 Å². The Balaban J connectivity index is 3.29. The fourth-order valence-electron chi connectivity index (χ4n) is 1.10. The van der Waals surface area contributed by atoms with Gasteiger partial charge < -0.3 is 5.11 Å². The zero-order valence-corrected chi connectivity index (χ0v) is 8.83. The van der Waals surface area contributed by atoms with E-state index in [0.29, 0.717) is 5.56 Å². The standard InChI is InChI=1S/C9H9IO2/c1-2-6-4-3-5-7(10)8(6)9(11)12/h3-5H,2H2,1H3,(H,11,12). The van der Waals surface area contributed by atoms with E-state index in [4.69, 9.17) is 5.11 Å². The molecule has 0 fully saturated rings. The summed E-state index contributed by atoms with van der Waals surface area (Å²) < 4.78 is 0.805. The molecule has 1 aromatic carbocycles. The first-order valence-electron chi connectivity index (χ1n) is 3.67. The summed E-state index contributed by atoms with van der Waals surface area (Å²) in [5.41, 5.74) is 1.34. The molecule has 0 aromatic heterocycles.